The van der Waals surface area contributed by atoms with Crippen molar-refractivity contribution in [2.45, 2.75) is 0 Å². The van der Waals surface area contributed by atoms with E-state index in [2.05, 4.69) is 4.98 Å². The van der Waals surface area contributed by atoms with E-state index >= 15 is 0 Å². The Labute approximate surface area is 118 Å². The maximum absolute atomic E-state index is 12.1. The number of pyridine rings is 1. The summed E-state index contributed by atoms with van der Waals surface area (Å²) in [5, 5.41) is 39.2. The monoisotopic (exact) mass is 285 g/mol. The average Bonchev–Trinajstić information content (AvgIpc) is 2.40. The number of aromatic nitrogens is 1. The minimum atomic E-state index is -0.619. The van der Waals surface area contributed by atoms with Gasteiger partial charge in [-0.2, -0.15) is 0 Å². The van der Waals surface area contributed by atoms with Crippen LogP contribution < -0.4 is 5.56 Å². The second kappa shape index (κ2) is 4.45. The molecule has 0 saturated carbocycles. The first kappa shape index (κ1) is 12.9. The van der Waals surface area contributed by atoms with Gasteiger partial charge in [0, 0.05) is 23.1 Å². The van der Waals surface area contributed by atoms with Crippen molar-refractivity contribution in [2.24, 2.45) is 0 Å². The van der Waals surface area contributed by atoms with Crippen LogP contribution in [-0.4, -0.2) is 25.4 Å². The molecule has 5 N–H and O–H groups in total. The number of phenolic OH excluding ortho intramolecular Hbond substituents is 3. The van der Waals surface area contributed by atoms with Gasteiger partial charge in [0.05, 0.1) is 11.1 Å². The molecule has 3 aromatic rings. The van der Waals surface area contributed by atoms with E-state index in [1.54, 1.807) is 0 Å². The van der Waals surface area contributed by atoms with E-state index in [1.807, 2.05) is 0 Å². The quantitative estimate of drug-likeness (QED) is 0.469. The maximum Gasteiger partial charge on any atom is 0.260 e. The molecular formula is C15H11NO5. The summed E-state index contributed by atoms with van der Waals surface area (Å²) in [6.07, 6.45) is 0. The van der Waals surface area contributed by atoms with Crippen LogP contribution in [-0.2, 0) is 0 Å². The van der Waals surface area contributed by atoms with Gasteiger partial charge in [0.2, 0.25) is 0 Å². The van der Waals surface area contributed by atoms with Gasteiger partial charge >= 0.3 is 0 Å². The molecule has 0 aliphatic heterocycles. The van der Waals surface area contributed by atoms with Gasteiger partial charge in [-0.25, -0.2) is 0 Å². The minimum Gasteiger partial charge on any atom is -0.508 e. The van der Waals surface area contributed by atoms with Crippen LogP contribution in [0.3, 0.4) is 0 Å². The molecule has 0 aliphatic rings. The molecule has 0 atom stereocenters. The molecule has 3 rings (SSSR count). The Hall–Kier alpha value is -3.15. The van der Waals surface area contributed by atoms with E-state index in [1.165, 1.54) is 30.3 Å². The summed E-state index contributed by atoms with van der Waals surface area (Å²) in [6.45, 7) is 0. The summed E-state index contributed by atoms with van der Waals surface area (Å²) in [6, 6.07) is 7.86. The molecule has 6 heteroatoms. The van der Waals surface area contributed by atoms with Crippen LogP contribution in [0.4, 0.5) is 0 Å². The van der Waals surface area contributed by atoms with Crippen LogP contribution >= 0.6 is 0 Å². The van der Waals surface area contributed by atoms with Crippen molar-refractivity contribution in [3.63, 3.8) is 0 Å². The second-order valence-electron chi connectivity index (χ2n) is 4.61. The van der Waals surface area contributed by atoms with Crippen LogP contribution in [0, 0.1) is 0 Å². The van der Waals surface area contributed by atoms with E-state index in [-0.39, 0.29) is 39.6 Å². The predicted octanol–water partition coefficient (Wildman–Crippen LogP) is 2.02. The molecule has 0 aliphatic carbocycles. The lowest BCUT2D eigenvalue weighted by atomic mass is 10.0. The lowest BCUT2D eigenvalue weighted by Crippen LogP contribution is -2.09. The summed E-state index contributed by atoms with van der Waals surface area (Å²) in [5.74, 6) is -0.834. The highest BCUT2D eigenvalue weighted by molar-refractivity contribution is 5.93. The van der Waals surface area contributed by atoms with Gasteiger partial charge in [0.1, 0.15) is 23.0 Å². The van der Waals surface area contributed by atoms with Gasteiger partial charge in [-0.05, 0) is 24.3 Å². The Morgan fingerprint density at radius 2 is 1.52 bits per heavy atom. The fourth-order valence-electron chi connectivity index (χ4n) is 2.25. The number of aromatic hydroxyl groups is 4. The third-order valence-electron chi connectivity index (χ3n) is 3.22. The summed E-state index contributed by atoms with van der Waals surface area (Å²) in [5.41, 5.74) is -0.349. The lowest BCUT2D eigenvalue weighted by Gasteiger charge is -2.09. The molecule has 6 nitrogen and oxygen atoms in total. The number of fused-ring (bicyclic) bond motifs is 1. The zero-order chi connectivity index (χ0) is 15.1. The highest BCUT2D eigenvalue weighted by Crippen LogP contribution is 2.38. The fraction of sp³-hybridized carbons (Fsp3) is 0. The maximum atomic E-state index is 12.1. The molecule has 0 unspecified atom stereocenters. The Morgan fingerprint density at radius 1 is 0.857 bits per heavy atom. The number of nitrogens with one attached hydrogen (secondary N) is 1. The van der Waals surface area contributed by atoms with E-state index in [0.29, 0.717) is 5.39 Å². The topological polar surface area (TPSA) is 114 Å². The largest absolute Gasteiger partial charge is 0.508 e. The SMILES string of the molecule is O=c1[nH]c2cc(O)ccc2c(O)c1-c1ccc(O)cc1O. The minimum absolute atomic E-state index is 0.0437. The smallest absolute Gasteiger partial charge is 0.260 e. The van der Waals surface area contributed by atoms with Crippen molar-refractivity contribution >= 4 is 10.9 Å². The summed E-state index contributed by atoms with van der Waals surface area (Å²) in [7, 11) is 0. The highest BCUT2D eigenvalue weighted by atomic mass is 16.3. The number of aromatic amines is 1. The molecule has 0 fully saturated rings. The number of H-pyrrole nitrogens is 1. The molecule has 1 heterocycles. The van der Waals surface area contributed by atoms with Gasteiger partial charge in [-0.15, -0.1) is 0 Å². The zero-order valence-electron chi connectivity index (χ0n) is 10.7. The predicted molar refractivity (Wildman–Crippen MR) is 76.7 cm³/mol. The van der Waals surface area contributed by atoms with Crippen LogP contribution in [0.15, 0.2) is 41.2 Å². The highest BCUT2D eigenvalue weighted by Gasteiger charge is 2.17. The summed E-state index contributed by atoms with van der Waals surface area (Å²) >= 11 is 0. The van der Waals surface area contributed by atoms with Crippen molar-refractivity contribution in [2.75, 3.05) is 0 Å². The van der Waals surface area contributed by atoms with Crippen molar-refractivity contribution in [1.82, 2.24) is 4.98 Å². The molecular weight excluding hydrogens is 274 g/mol. The number of phenols is 3. The lowest BCUT2D eigenvalue weighted by molar-refractivity contribution is 0.450. The van der Waals surface area contributed by atoms with Gasteiger partial charge < -0.3 is 25.4 Å². The molecule has 0 amide bonds. The van der Waals surface area contributed by atoms with Crippen LogP contribution in [0.2, 0.25) is 0 Å². The first-order chi connectivity index (χ1) is 9.97. The molecule has 0 radical (unpaired) electrons. The number of hydrogen-bond donors (Lipinski definition) is 5. The molecule has 106 valence electrons. The van der Waals surface area contributed by atoms with E-state index in [9.17, 15) is 25.2 Å². The van der Waals surface area contributed by atoms with Crippen LogP contribution in [0.25, 0.3) is 22.0 Å². The van der Waals surface area contributed by atoms with E-state index in [4.69, 9.17) is 0 Å². The average molecular weight is 285 g/mol. The number of rotatable bonds is 1. The third kappa shape index (κ3) is 2.02. The number of benzene rings is 2. The first-order valence-corrected chi connectivity index (χ1v) is 6.07. The molecule has 0 saturated heterocycles. The number of hydrogen-bond acceptors (Lipinski definition) is 5. The molecule has 21 heavy (non-hydrogen) atoms. The summed E-state index contributed by atoms with van der Waals surface area (Å²) < 4.78 is 0. The van der Waals surface area contributed by atoms with Crippen molar-refractivity contribution in [1.29, 1.82) is 0 Å². The zero-order valence-corrected chi connectivity index (χ0v) is 10.7. The molecule has 0 spiro atoms. The molecule has 1 aromatic heterocycles. The second-order valence-corrected chi connectivity index (χ2v) is 4.61. The molecule has 2 aromatic carbocycles. The van der Waals surface area contributed by atoms with Crippen LogP contribution in [0.1, 0.15) is 0 Å². The Balaban J connectivity index is 2.38. The van der Waals surface area contributed by atoms with E-state index < -0.39 is 5.56 Å². The summed E-state index contributed by atoms with van der Waals surface area (Å²) in [4.78, 5) is 14.7. The van der Waals surface area contributed by atoms with Gasteiger partial charge in [-0.1, -0.05) is 0 Å². The normalized spacial score (nSPS) is 10.9. The Bertz CT molecular complexity index is 914. The Morgan fingerprint density at radius 3 is 2.24 bits per heavy atom. The van der Waals surface area contributed by atoms with Gasteiger partial charge in [0.15, 0.2) is 0 Å². The fourth-order valence-corrected chi connectivity index (χ4v) is 2.25. The molecule has 0 bridgehead atoms. The Kier molecular flexibility index (Phi) is 2.72. The van der Waals surface area contributed by atoms with Crippen molar-refractivity contribution in [3.05, 3.63) is 46.8 Å². The third-order valence-corrected chi connectivity index (χ3v) is 3.22. The van der Waals surface area contributed by atoms with Crippen molar-refractivity contribution in [3.8, 4) is 34.1 Å². The van der Waals surface area contributed by atoms with Crippen molar-refractivity contribution < 1.29 is 20.4 Å². The van der Waals surface area contributed by atoms with Crippen LogP contribution in [0.5, 0.6) is 23.0 Å². The van der Waals surface area contributed by atoms with E-state index in [0.717, 1.165) is 6.07 Å². The van der Waals surface area contributed by atoms with Gasteiger partial charge in [0.25, 0.3) is 5.56 Å². The first-order valence-electron chi connectivity index (χ1n) is 6.07. The van der Waals surface area contributed by atoms with Gasteiger partial charge in [-0.3, -0.25) is 4.79 Å². The standard InChI is InChI=1S/C15H11NO5/c17-7-1-3-9-11(5-7)16-15(21)13(14(9)20)10-4-2-8(18)6-12(10)19/h1-6,17-19H,(H2,16,20,21).